The Hall–Kier alpha value is -2.54. The van der Waals surface area contributed by atoms with Crippen LogP contribution >= 0.6 is 11.3 Å². The molecule has 3 rings (SSSR count). The van der Waals surface area contributed by atoms with Crippen LogP contribution in [0.2, 0.25) is 0 Å². The predicted molar refractivity (Wildman–Crippen MR) is 82.0 cm³/mol. The van der Waals surface area contributed by atoms with Gasteiger partial charge < -0.3 is 11.1 Å². The number of aryl methyl sites for hydroxylation is 1. The molecule has 0 bridgehead atoms. The van der Waals surface area contributed by atoms with E-state index in [0.717, 1.165) is 16.8 Å². The minimum atomic E-state index is -0.223. The number of carbonyl (C=O) groups is 1. The third kappa shape index (κ3) is 2.68. The highest BCUT2D eigenvalue weighted by Crippen LogP contribution is 2.31. The quantitative estimate of drug-likeness (QED) is 0.770. The molecule has 106 valence electrons. The van der Waals surface area contributed by atoms with Crippen LogP contribution < -0.4 is 11.1 Å². The molecule has 0 spiro atoms. The van der Waals surface area contributed by atoms with E-state index in [4.69, 9.17) is 5.73 Å². The Morgan fingerprint density at radius 2 is 2.24 bits per heavy atom. The molecule has 3 aromatic rings. The molecule has 0 aliphatic carbocycles. The summed E-state index contributed by atoms with van der Waals surface area (Å²) in [6.07, 6.45) is 1.56. The third-order valence-electron chi connectivity index (χ3n) is 3.00. The first-order chi connectivity index (χ1) is 10.1. The molecule has 21 heavy (non-hydrogen) atoms. The zero-order chi connectivity index (χ0) is 14.8. The highest BCUT2D eigenvalue weighted by molar-refractivity contribution is 7.21. The number of nitrogens with two attached hydrogens (primary N) is 1. The summed E-state index contributed by atoms with van der Waals surface area (Å²) in [7, 11) is 0. The van der Waals surface area contributed by atoms with Gasteiger partial charge in [-0.25, -0.2) is 0 Å². The Bertz CT molecular complexity index is 814. The number of aromatic nitrogens is 3. The van der Waals surface area contributed by atoms with Crippen molar-refractivity contribution in [2.75, 3.05) is 5.73 Å². The van der Waals surface area contributed by atoms with E-state index >= 15 is 0 Å². The minimum Gasteiger partial charge on any atom is -0.397 e. The van der Waals surface area contributed by atoms with E-state index in [0.29, 0.717) is 21.9 Å². The summed E-state index contributed by atoms with van der Waals surface area (Å²) in [5, 5.41) is 11.3. The molecule has 7 heteroatoms. The van der Waals surface area contributed by atoms with Crippen molar-refractivity contribution in [2.45, 2.75) is 13.5 Å². The van der Waals surface area contributed by atoms with Crippen molar-refractivity contribution in [2.24, 2.45) is 0 Å². The molecule has 0 saturated carbocycles. The van der Waals surface area contributed by atoms with E-state index in [1.807, 2.05) is 25.1 Å². The molecule has 3 heterocycles. The predicted octanol–water partition coefficient (Wildman–Crippen LogP) is 1.91. The lowest BCUT2D eigenvalue weighted by atomic mass is 10.2. The Kier molecular flexibility index (Phi) is 3.49. The number of amides is 1. The van der Waals surface area contributed by atoms with Gasteiger partial charge in [-0.05, 0) is 25.1 Å². The van der Waals surface area contributed by atoms with E-state index in [1.165, 1.54) is 11.3 Å². The molecule has 0 aliphatic rings. The monoisotopic (exact) mass is 299 g/mol. The smallest absolute Gasteiger partial charge is 0.263 e. The van der Waals surface area contributed by atoms with Crippen molar-refractivity contribution in [3.05, 3.63) is 46.7 Å². The van der Waals surface area contributed by atoms with Gasteiger partial charge in [-0.1, -0.05) is 6.07 Å². The van der Waals surface area contributed by atoms with Crippen molar-refractivity contribution in [1.29, 1.82) is 0 Å². The van der Waals surface area contributed by atoms with Gasteiger partial charge in [0.25, 0.3) is 5.91 Å². The highest BCUT2D eigenvalue weighted by atomic mass is 32.1. The minimum absolute atomic E-state index is 0.223. The number of hydrogen-bond donors (Lipinski definition) is 2. The van der Waals surface area contributed by atoms with Gasteiger partial charge in [0.2, 0.25) is 0 Å². The maximum Gasteiger partial charge on any atom is 0.263 e. The Balaban J connectivity index is 1.79. The number of thiophene rings is 1. The summed E-state index contributed by atoms with van der Waals surface area (Å²) in [5.74, 6) is -0.223. The maximum atomic E-state index is 12.2. The van der Waals surface area contributed by atoms with E-state index in [9.17, 15) is 4.79 Å². The van der Waals surface area contributed by atoms with E-state index in [-0.39, 0.29) is 5.91 Å². The third-order valence-corrected chi connectivity index (χ3v) is 4.11. The molecule has 1 amide bonds. The first-order valence-electron chi connectivity index (χ1n) is 6.35. The van der Waals surface area contributed by atoms with Crippen LogP contribution in [-0.4, -0.2) is 21.1 Å². The first kappa shape index (κ1) is 13.4. The molecular formula is C14H13N5OS. The highest BCUT2D eigenvalue weighted by Gasteiger charge is 2.17. The SMILES string of the molecule is Cc1cccc(CNC(=O)c2sc3nnccc3c2N)n1. The number of nitrogens with zero attached hydrogens (tertiary/aromatic N) is 3. The summed E-state index contributed by atoms with van der Waals surface area (Å²) in [6, 6.07) is 7.45. The van der Waals surface area contributed by atoms with Crippen molar-refractivity contribution in [1.82, 2.24) is 20.5 Å². The number of pyridine rings is 1. The molecule has 0 atom stereocenters. The number of rotatable bonds is 3. The summed E-state index contributed by atoms with van der Waals surface area (Å²) in [4.78, 5) is 17.7. The second-order valence-electron chi connectivity index (χ2n) is 4.55. The molecule has 6 nitrogen and oxygen atoms in total. The molecular weight excluding hydrogens is 286 g/mol. The Labute approximate surface area is 125 Å². The lowest BCUT2D eigenvalue weighted by molar-refractivity contribution is 0.0955. The fraction of sp³-hybridized carbons (Fsp3) is 0.143. The molecule has 3 N–H and O–H groups in total. The van der Waals surface area contributed by atoms with Gasteiger partial charge in [-0.15, -0.1) is 16.4 Å². The first-order valence-corrected chi connectivity index (χ1v) is 7.17. The lowest BCUT2D eigenvalue weighted by Crippen LogP contribution is -2.23. The summed E-state index contributed by atoms with van der Waals surface area (Å²) in [6.45, 7) is 2.27. The van der Waals surface area contributed by atoms with Gasteiger partial charge in [-0.2, -0.15) is 5.10 Å². The number of nitrogen functional groups attached to an aromatic ring is 1. The second-order valence-corrected chi connectivity index (χ2v) is 5.55. The molecule has 0 aliphatic heterocycles. The van der Waals surface area contributed by atoms with Crippen LogP contribution in [0.1, 0.15) is 21.1 Å². The number of fused-ring (bicyclic) bond motifs is 1. The van der Waals surface area contributed by atoms with Gasteiger partial charge in [0.15, 0.2) is 0 Å². The van der Waals surface area contributed by atoms with E-state index in [1.54, 1.807) is 12.3 Å². The summed E-state index contributed by atoms with van der Waals surface area (Å²) >= 11 is 1.24. The number of hydrogen-bond acceptors (Lipinski definition) is 6. The fourth-order valence-corrected chi connectivity index (χ4v) is 2.94. The van der Waals surface area contributed by atoms with Crippen molar-refractivity contribution in [3.63, 3.8) is 0 Å². The van der Waals surface area contributed by atoms with Gasteiger partial charge in [0.05, 0.1) is 24.1 Å². The Morgan fingerprint density at radius 1 is 1.38 bits per heavy atom. The van der Waals surface area contributed by atoms with E-state index in [2.05, 4.69) is 20.5 Å². The van der Waals surface area contributed by atoms with Crippen LogP contribution in [0.5, 0.6) is 0 Å². The molecule has 0 fully saturated rings. The molecule has 0 aromatic carbocycles. The normalized spacial score (nSPS) is 10.7. The average Bonchev–Trinajstić information content (AvgIpc) is 2.83. The molecule has 0 unspecified atom stereocenters. The summed E-state index contributed by atoms with van der Waals surface area (Å²) < 4.78 is 0. The fourth-order valence-electron chi connectivity index (χ4n) is 1.99. The van der Waals surface area contributed by atoms with Crippen molar-refractivity contribution >= 4 is 33.1 Å². The van der Waals surface area contributed by atoms with Crippen LogP contribution in [0.25, 0.3) is 10.2 Å². The van der Waals surface area contributed by atoms with E-state index < -0.39 is 0 Å². The van der Waals surface area contributed by atoms with Gasteiger partial charge in [-0.3, -0.25) is 9.78 Å². The number of nitrogens with one attached hydrogen (secondary N) is 1. The second kappa shape index (κ2) is 5.45. The van der Waals surface area contributed by atoms with Crippen LogP contribution in [0, 0.1) is 6.92 Å². The van der Waals surface area contributed by atoms with Gasteiger partial charge in [0, 0.05) is 11.1 Å². The van der Waals surface area contributed by atoms with Crippen LogP contribution in [0.3, 0.4) is 0 Å². The molecule has 3 aromatic heterocycles. The zero-order valence-electron chi connectivity index (χ0n) is 11.3. The van der Waals surface area contributed by atoms with Crippen molar-refractivity contribution in [3.8, 4) is 0 Å². The van der Waals surface area contributed by atoms with Gasteiger partial charge >= 0.3 is 0 Å². The van der Waals surface area contributed by atoms with Gasteiger partial charge in [0.1, 0.15) is 9.71 Å². The van der Waals surface area contributed by atoms with Crippen LogP contribution in [0.4, 0.5) is 5.69 Å². The topological polar surface area (TPSA) is 93.8 Å². The average molecular weight is 299 g/mol. The zero-order valence-corrected chi connectivity index (χ0v) is 12.1. The van der Waals surface area contributed by atoms with Crippen LogP contribution in [-0.2, 0) is 6.54 Å². The van der Waals surface area contributed by atoms with Crippen molar-refractivity contribution < 1.29 is 4.79 Å². The summed E-state index contributed by atoms with van der Waals surface area (Å²) in [5.41, 5.74) is 8.17. The molecule has 0 radical (unpaired) electrons. The maximum absolute atomic E-state index is 12.2. The Morgan fingerprint density at radius 3 is 3.00 bits per heavy atom. The lowest BCUT2D eigenvalue weighted by Gasteiger charge is -2.04. The van der Waals surface area contributed by atoms with Crippen LogP contribution in [0.15, 0.2) is 30.5 Å². The molecule has 0 saturated heterocycles. The largest absolute Gasteiger partial charge is 0.397 e. The standard InChI is InChI=1S/C14H13N5OS/c1-8-3-2-4-9(18-8)7-16-13(20)12-11(15)10-5-6-17-19-14(10)21-12/h2-6H,7,15H2,1H3,(H,16,20). The number of anilines is 1. The number of carbonyl (C=O) groups excluding carboxylic acids is 1.